The largest absolute Gasteiger partial charge is 0.438 e. The van der Waals surface area contributed by atoms with Crippen molar-refractivity contribution in [2.75, 3.05) is 50.0 Å². The first-order valence-electron chi connectivity index (χ1n) is 11.4. The number of amides is 2. The number of likely N-dealkylation sites (N-methyl/N-ethyl adjacent to an activating group) is 1. The zero-order chi connectivity index (χ0) is 23.5. The molecule has 1 fully saturated rings. The van der Waals surface area contributed by atoms with E-state index in [9.17, 15) is 9.18 Å². The van der Waals surface area contributed by atoms with Crippen LogP contribution in [0.4, 0.5) is 20.8 Å². The number of nitrogens with one attached hydrogen (secondary N) is 1. The van der Waals surface area contributed by atoms with Crippen LogP contribution in [0.5, 0.6) is 11.6 Å². The summed E-state index contributed by atoms with van der Waals surface area (Å²) in [6.45, 7) is 4.33. The van der Waals surface area contributed by atoms with E-state index in [2.05, 4.69) is 22.2 Å². The third-order valence-electron chi connectivity index (χ3n) is 6.12. The highest BCUT2D eigenvalue weighted by molar-refractivity contribution is 5.89. The molecule has 2 amide bonds. The lowest BCUT2D eigenvalue weighted by Crippen LogP contribution is -2.45. The smallest absolute Gasteiger partial charge is 0.322 e. The molecule has 0 atom stereocenters. The summed E-state index contributed by atoms with van der Waals surface area (Å²) < 4.78 is 19.9. The number of hydrogen-bond donors (Lipinski definition) is 1. The number of aromatic nitrogens is 2. The monoisotopic (exact) mass is 462 g/mol. The first-order valence-corrected chi connectivity index (χ1v) is 11.4. The van der Waals surface area contributed by atoms with Gasteiger partial charge in [-0.15, -0.1) is 0 Å². The van der Waals surface area contributed by atoms with Gasteiger partial charge >= 0.3 is 6.03 Å². The molecule has 2 aliphatic heterocycles. The first kappa shape index (κ1) is 22.1. The minimum atomic E-state index is -0.386. The molecular weight excluding hydrogens is 435 g/mol. The molecule has 0 spiro atoms. The Balaban J connectivity index is 1.43. The summed E-state index contributed by atoms with van der Waals surface area (Å²) in [6.07, 6.45) is 0.584. The number of piperazine rings is 1. The van der Waals surface area contributed by atoms with E-state index in [1.807, 2.05) is 30.3 Å². The molecule has 1 saturated heterocycles. The Labute approximate surface area is 198 Å². The van der Waals surface area contributed by atoms with Crippen LogP contribution < -0.4 is 15.0 Å². The third-order valence-corrected chi connectivity index (χ3v) is 6.12. The topological polar surface area (TPSA) is 73.8 Å². The van der Waals surface area contributed by atoms with Gasteiger partial charge in [0.1, 0.15) is 11.6 Å². The summed E-state index contributed by atoms with van der Waals surface area (Å²) in [5.74, 6) is 0.946. The van der Waals surface area contributed by atoms with Gasteiger partial charge in [-0.2, -0.15) is 4.98 Å². The zero-order valence-corrected chi connectivity index (χ0v) is 19.1. The lowest BCUT2D eigenvalue weighted by molar-refractivity contribution is 0.205. The third kappa shape index (κ3) is 4.94. The van der Waals surface area contributed by atoms with Gasteiger partial charge in [0.15, 0.2) is 0 Å². The zero-order valence-electron chi connectivity index (χ0n) is 19.1. The Morgan fingerprint density at radius 3 is 2.56 bits per heavy atom. The molecule has 0 unspecified atom stereocenters. The summed E-state index contributed by atoms with van der Waals surface area (Å²) in [7, 11) is 2.10. The molecule has 3 aromatic rings. The average Bonchev–Trinajstić information content (AvgIpc) is 2.85. The van der Waals surface area contributed by atoms with E-state index in [0.717, 1.165) is 43.1 Å². The molecule has 176 valence electrons. The van der Waals surface area contributed by atoms with Crippen LogP contribution in [0.25, 0.3) is 0 Å². The highest BCUT2D eigenvalue weighted by Crippen LogP contribution is 2.32. The molecule has 5 rings (SSSR count). The number of urea groups is 1. The second kappa shape index (κ2) is 9.64. The maximum absolute atomic E-state index is 13.8. The number of anilines is 2. The maximum Gasteiger partial charge on any atom is 0.322 e. The molecule has 34 heavy (non-hydrogen) atoms. The SMILES string of the molecule is CN1CCN(c2nc3c(c(Oc4cccc(F)c4)n2)CN(C(=O)Nc2ccccc2)CC3)CC1. The van der Waals surface area contributed by atoms with Crippen LogP contribution in [0.3, 0.4) is 0 Å². The van der Waals surface area contributed by atoms with E-state index in [1.165, 1.54) is 12.1 Å². The van der Waals surface area contributed by atoms with E-state index in [-0.39, 0.29) is 11.8 Å². The van der Waals surface area contributed by atoms with E-state index < -0.39 is 0 Å². The van der Waals surface area contributed by atoms with Gasteiger partial charge in [-0.05, 0) is 31.3 Å². The molecule has 8 nitrogen and oxygen atoms in total. The quantitative estimate of drug-likeness (QED) is 0.637. The average molecular weight is 463 g/mol. The van der Waals surface area contributed by atoms with Crippen LogP contribution in [-0.2, 0) is 13.0 Å². The Morgan fingerprint density at radius 1 is 1.00 bits per heavy atom. The lowest BCUT2D eigenvalue weighted by Gasteiger charge is -2.34. The van der Waals surface area contributed by atoms with Crippen LogP contribution in [0.1, 0.15) is 11.3 Å². The Hall–Kier alpha value is -3.72. The van der Waals surface area contributed by atoms with Crippen LogP contribution in [0.15, 0.2) is 54.6 Å². The minimum Gasteiger partial charge on any atom is -0.438 e. The summed E-state index contributed by atoms with van der Waals surface area (Å²) in [4.78, 5) is 28.6. The molecule has 0 bridgehead atoms. The summed E-state index contributed by atoms with van der Waals surface area (Å²) >= 11 is 0. The van der Waals surface area contributed by atoms with E-state index in [1.54, 1.807) is 17.0 Å². The highest BCUT2D eigenvalue weighted by Gasteiger charge is 2.28. The van der Waals surface area contributed by atoms with Crippen molar-refractivity contribution in [3.8, 4) is 11.6 Å². The predicted octanol–water partition coefficient (Wildman–Crippen LogP) is 3.75. The molecule has 0 saturated carbocycles. The van der Waals surface area contributed by atoms with Crippen molar-refractivity contribution in [1.82, 2.24) is 19.8 Å². The predicted molar refractivity (Wildman–Crippen MR) is 128 cm³/mol. The van der Waals surface area contributed by atoms with Crippen molar-refractivity contribution in [2.45, 2.75) is 13.0 Å². The van der Waals surface area contributed by atoms with Crippen molar-refractivity contribution < 1.29 is 13.9 Å². The minimum absolute atomic E-state index is 0.198. The number of para-hydroxylation sites is 1. The van der Waals surface area contributed by atoms with E-state index in [4.69, 9.17) is 14.7 Å². The molecule has 0 radical (unpaired) electrons. The number of fused-ring (bicyclic) bond motifs is 1. The van der Waals surface area contributed by atoms with Crippen LogP contribution in [-0.4, -0.2) is 65.6 Å². The van der Waals surface area contributed by atoms with Crippen molar-refractivity contribution in [3.63, 3.8) is 0 Å². The fraction of sp³-hybridized carbons (Fsp3) is 0.320. The molecule has 1 N–H and O–H groups in total. The second-order valence-electron chi connectivity index (χ2n) is 8.57. The summed E-state index contributed by atoms with van der Waals surface area (Å²) in [5.41, 5.74) is 2.34. The standard InChI is InChI=1S/C25H27FN6O2/c1-30-12-14-31(15-13-30)24-28-22-10-11-32(25(33)27-19-7-3-2-4-8-19)17-21(22)23(29-24)34-20-9-5-6-18(26)16-20/h2-9,16H,10-15,17H2,1H3,(H,27,33). The Kier molecular flexibility index (Phi) is 6.27. The summed E-state index contributed by atoms with van der Waals surface area (Å²) in [6, 6.07) is 15.1. The van der Waals surface area contributed by atoms with Gasteiger partial charge < -0.3 is 24.8 Å². The second-order valence-corrected chi connectivity index (χ2v) is 8.57. The normalized spacial score (nSPS) is 16.2. The van der Waals surface area contributed by atoms with Crippen LogP contribution >= 0.6 is 0 Å². The molecular formula is C25H27FN6O2. The summed E-state index contributed by atoms with van der Waals surface area (Å²) in [5, 5.41) is 2.93. The Bertz CT molecular complexity index is 1170. The van der Waals surface area contributed by atoms with E-state index >= 15 is 0 Å². The van der Waals surface area contributed by atoms with Gasteiger partial charge in [0.05, 0.1) is 17.8 Å². The number of carbonyl (C=O) groups is 1. The Morgan fingerprint density at radius 2 is 1.79 bits per heavy atom. The lowest BCUT2D eigenvalue weighted by atomic mass is 10.1. The van der Waals surface area contributed by atoms with E-state index in [0.29, 0.717) is 37.1 Å². The van der Waals surface area contributed by atoms with Gasteiger partial charge in [-0.25, -0.2) is 14.2 Å². The number of benzene rings is 2. The molecule has 2 aliphatic rings. The fourth-order valence-corrected chi connectivity index (χ4v) is 4.14. The molecule has 2 aromatic carbocycles. The molecule has 0 aliphatic carbocycles. The number of carbonyl (C=O) groups excluding carboxylic acids is 1. The number of nitrogens with zero attached hydrogens (tertiary/aromatic N) is 5. The highest BCUT2D eigenvalue weighted by atomic mass is 19.1. The van der Waals surface area contributed by atoms with Gasteiger partial charge in [0, 0.05) is 50.9 Å². The number of rotatable bonds is 4. The number of ether oxygens (including phenoxy) is 1. The number of hydrogen-bond acceptors (Lipinski definition) is 6. The van der Waals surface area contributed by atoms with Crippen molar-refractivity contribution in [1.29, 1.82) is 0 Å². The first-order chi connectivity index (χ1) is 16.5. The molecule has 1 aromatic heterocycles. The van der Waals surface area contributed by atoms with Crippen LogP contribution in [0.2, 0.25) is 0 Å². The van der Waals surface area contributed by atoms with Crippen molar-refractivity contribution >= 4 is 17.7 Å². The van der Waals surface area contributed by atoms with Crippen molar-refractivity contribution in [3.05, 3.63) is 71.7 Å². The van der Waals surface area contributed by atoms with Crippen LogP contribution in [0, 0.1) is 5.82 Å². The molecule has 3 heterocycles. The van der Waals surface area contributed by atoms with Gasteiger partial charge in [0.2, 0.25) is 11.8 Å². The number of halogens is 1. The van der Waals surface area contributed by atoms with Gasteiger partial charge in [-0.3, -0.25) is 0 Å². The van der Waals surface area contributed by atoms with Gasteiger partial charge in [-0.1, -0.05) is 24.3 Å². The van der Waals surface area contributed by atoms with Crippen molar-refractivity contribution in [2.24, 2.45) is 0 Å². The molecule has 9 heteroatoms. The maximum atomic E-state index is 13.8. The fourth-order valence-electron chi connectivity index (χ4n) is 4.14. The van der Waals surface area contributed by atoms with Gasteiger partial charge in [0.25, 0.3) is 0 Å².